The van der Waals surface area contributed by atoms with Gasteiger partial charge in [-0.1, -0.05) is 75.2 Å². The molecule has 0 aliphatic carbocycles. The van der Waals surface area contributed by atoms with Crippen LogP contribution in [0.15, 0.2) is 179 Å². The van der Waals surface area contributed by atoms with E-state index < -0.39 is 64.0 Å². The Kier molecular flexibility index (Phi) is 19.3. The third kappa shape index (κ3) is 12.4. The third-order valence-corrected chi connectivity index (χ3v) is 23.4. The summed E-state index contributed by atoms with van der Waals surface area (Å²) in [5.41, 5.74) is 3.70. The lowest BCUT2D eigenvalue weighted by atomic mass is 9.77. The Labute approximate surface area is 613 Å². The fraction of sp³-hybridized carbons (Fsp3) is 0.282. The summed E-state index contributed by atoms with van der Waals surface area (Å²) in [6, 6.07) is 41.3. The highest BCUT2D eigenvalue weighted by Gasteiger charge is 2.59. The van der Waals surface area contributed by atoms with Crippen LogP contribution in [0.1, 0.15) is 103 Å². The van der Waals surface area contributed by atoms with E-state index >= 15 is 0 Å². The number of carbonyl (C=O) groups excluding carboxylic acids is 8. The first-order valence-electron chi connectivity index (χ1n) is 33.9. The number of ether oxygens (including phenoxy) is 10. The summed E-state index contributed by atoms with van der Waals surface area (Å²) in [4.78, 5) is 109. The molecule has 2 spiro atoms. The third-order valence-electron chi connectivity index (χ3n) is 19.0. The molecule has 16 rings (SSSR count). The number of amides is 4. The predicted molar refractivity (Wildman–Crippen MR) is 385 cm³/mol. The van der Waals surface area contributed by atoms with Crippen molar-refractivity contribution in [2.24, 2.45) is 0 Å². The monoisotopic (exact) mass is 1480 g/mol. The second-order valence-corrected chi connectivity index (χ2v) is 29.6. The lowest BCUT2D eigenvalue weighted by Crippen LogP contribution is -2.74. The molecule has 2 N–H and O–H groups in total. The number of rotatable bonds is 22. The Bertz CT molecular complexity index is 4800. The van der Waals surface area contributed by atoms with E-state index in [9.17, 15) is 38.4 Å². The molecular formula is C78H68N4O18S4. The normalized spacial score (nSPS) is 21.5. The number of unbranched alkanes of at least 4 members (excludes halogenated alkanes) is 2. The average Bonchev–Trinajstić information content (AvgIpc) is 1.49. The van der Waals surface area contributed by atoms with Crippen molar-refractivity contribution in [2.75, 3.05) is 46.4 Å². The van der Waals surface area contributed by atoms with Gasteiger partial charge >= 0.3 is 23.9 Å². The Hall–Kier alpha value is -10.5. The molecule has 0 radical (unpaired) electrons. The van der Waals surface area contributed by atoms with E-state index in [0.717, 1.165) is 35.4 Å². The molecule has 2 saturated heterocycles. The van der Waals surface area contributed by atoms with E-state index in [1.165, 1.54) is 70.2 Å². The standard InChI is InChI=1S/2C39H34N2O9S2/c2*1-3-4-15-47-23-11-13-28-30(17-23)49-31-18-24(12-14-29(31)39(28)27-10-6-5-9-26(27)37(44)50-39)48-20-22-21-52-36-33(35(43)41(36)34(22)38(45)46-2)40-32(42)19-25-8-7-16-51-25/h5-14,16-18,33,36H,3-4,15,19-21H2,1-2H3,(H,40,42);5-14,16-18,21,33-34,36H,3-4,15,19-20H2,1-2H3,(H,40,42). The van der Waals surface area contributed by atoms with Gasteiger partial charge in [0.15, 0.2) is 17.2 Å². The van der Waals surface area contributed by atoms with Crippen LogP contribution < -0.4 is 39.1 Å². The van der Waals surface area contributed by atoms with E-state index in [4.69, 9.17) is 47.4 Å². The summed E-state index contributed by atoms with van der Waals surface area (Å²) in [5, 5.41) is 10.3. The maximum Gasteiger partial charge on any atom is 0.354 e. The number of carbonyl (C=O) groups is 8. The number of benzene rings is 6. The van der Waals surface area contributed by atoms with Crippen LogP contribution in [0.5, 0.6) is 46.0 Å². The van der Waals surface area contributed by atoms with Crippen molar-refractivity contribution in [3.63, 3.8) is 0 Å². The molecule has 532 valence electrons. The van der Waals surface area contributed by atoms with Crippen molar-refractivity contribution in [3.8, 4) is 46.0 Å². The van der Waals surface area contributed by atoms with Gasteiger partial charge in [0, 0.05) is 84.3 Å². The van der Waals surface area contributed by atoms with E-state index in [1.807, 2.05) is 102 Å². The predicted octanol–water partition coefficient (Wildman–Crippen LogP) is 11.9. The number of esters is 4. The molecule has 8 aliphatic rings. The van der Waals surface area contributed by atoms with Crippen molar-refractivity contribution in [3.05, 3.63) is 233 Å². The second-order valence-electron chi connectivity index (χ2n) is 25.4. The number of thioether (sulfide) groups is 2. The SMILES string of the molecule is CCCCOc1ccc2c(c1)Oc1cc(OCC3=C(C(=O)OC)N4C(=O)C(NC(=O)Cc5cccs5)C4SC3)ccc1C21OC(=O)c2ccccc21.CCCCOc1ccc2c(c1)Oc1cc(OCC3=CSC4C(NC(=O)Cc5cccs5)C(=O)N4C3C(=O)OC)ccc1C21OC(=O)c2ccccc21. The summed E-state index contributed by atoms with van der Waals surface area (Å²) in [5.74, 6) is 0.934. The number of fused-ring (bicyclic) bond motifs is 14. The van der Waals surface area contributed by atoms with E-state index in [2.05, 4.69) is 24.5 Å². The van der Waals surface area contributed by atoms with Gasteiger partial charge in [0.25, 0.3) is 5.91 Å². The molecule has 2 fully saturated rings. The van der Waals surface area contributed by atoms with Crippen LogP contribution in [0.25, 0.3) is 0 Å². The summed E-state index contributed by atoms with van der Waals surface area (Å²) in [6.07, 6.45) is 4.15. The first kappa shape index (κ1) is 69.2. The maximum atomic E-state index is 13.3. The van der Waals surface area contributed by atoms with Gasteiger partial charge in [-0.25, -0.2) is 19.2 Å². The molecule has 10 heterocycles. The van der Waals surface area contributed by atoms with Crippen molar-refractivity contribution in [2.45, 2.75) is 92.4 Å². The lowest BCUT2D eigenvalue weighted by molar-refractivity contribution is -0.161. The zero-order chi connectivity index (χ0) is 72.0. The van der Waals surface area contributed by atoms with Gasteiger partial charge in [0.05, 0.1) is 51.4 Å². The Morgan fingerprint density at radius 1 is 0.538 bits per heavy atom. The van der Waals surface area contributed by atoms with Crippen LogP contribution in [-0.2, 0) is 71.8 Å². The Morgan fingerprint density at radius 3 is 1.47 bits per heavy atom. The highest BCUT2D eigenvalue weighted by molar-refractivity contribution is 8.03. The molecule has 6 aromatic carbocycles. The number of nitrogens with one attached hydrogen (secondary N) is 2. The van der Waals surface area contributed by atoms with Crippen LogP contribution in [0, 0.1) is 0 Å². The summed E-state index contributed by atoms with van der Waals surface area (Å²) in [7, 11) is 2.53. The minimum absolute atomic E-state index is 0.0168. The largest absolute Gasteiger partial charge is 0.493 e. The van der Waals surface area contributed by atoms with Crippen molar-refractivity contribution in [1.29, 1.82) is 0 Å². The minimum atomic E-state index is -1.25. The maximum absolute atomic E-state index is 13.3. The number of hydrogen-bond donors (Lipinski definition) is 2. The topological polar surface area (TPSA) is 259 Å². The molecule has 4 amide bonds. The summed E-state index contributed by atoms with van der Waals surface area (Å²) < 4.78 is 60.1. The lowest BCUT2D eigenvalue weighted by Gasteiger charge is -2.51. The highest BCUT2D eigenvalue weighted by atomic mass is 32.2. The smallest absolute Gasteiger partial charge is 0.354 e. The molecule has 8 aliphatic heterocycles. The first-order chi connectivity index (χ1) is 50.6. The molecule has 7 atom stereocenters. The molecule has 8 aromatic rings. The number of β-lactam (4-membered cyclic amide) rings is 2. The van der Waals surface area contributed by atoms with Crippen molar-refractivity contribution >= 4 is 93.7 Å². The number of nitrogens with zero attached hydrogens (tertiary/aromatic N) is 2. The number of methoxy groups -OCH3 is 2. The van der Waals surface area contributed by atoms with Crippen molar-refractivity contribution < 1.29 is 85.7 Å². The van der Waals surface area contributed by atoms with E-state index in [0.29, 0.717) is 121 Å². The number of thiophene rings is 2. The molecule has 104 heavy (non-hydrogen) atoms. The quantitative estimate of drug-likeness (QED) is 0.0276. The van der Waals surface area contributed by atoms with Crippen LogP contribution in [0.4, 0.5) is 0 Å². The fourth-order valence-electron chi connectivity index (χ4n) is 14.0. The van der Waals surface area contributed by atoms with Gasteiger partial charge in [-0.3, -0.25) is 24.1 Å². The van der Waals surface area contributed by atoms with Gasteiger partial charge in [-0.15, -0.1) is 46.2 Å². The molecule has 0 saturated carbocycles. The first-order valence-corrected chi connectivity index (χ1v) is 37.6. The van der Waals surface area contributed by atoms with Crippen LogP contribution in [-0.4, -0.2) is 133 Å². The van der Waals surface area contributed by atoms with Crippen LogP contribution >= 0.6 is 46.2 Å². The highest BCUT2D eigenvalue weighted by Crippen LogP contribution is 2.59. The van der Waals surface area contributed by atoms with Crippen LogP contribution in [0.2, 0.25) is 0 Å². The fourth-order valence-corrected chi connectivity index (χ4v) is 18.0. The second kappa shape index (κ2) is 28.9. The zero-order valence-corrected chi connectivity index (χ0v) is 59.9. The molecular weight excluding hydrogens is 1410 g/mol. The van der Waals surface area contributed by atoms with Gasteiger partial charge in [0.2, 0.25) is 17.7 Å². The molecule has 7 unspecified atom stereocenters. The molecule has 2 aromatic heterocycles. The number of hydrogen-bond acceptors (Lipinski definition) is 22. The average molecular weight is 1480 g/mol. The molecule has 0 bridgehead atoms. The van der Waals surface area contributed by atoms with Crippen molar-refractivity contribution in [1.82, 2.24) is 20.4 Å². The van der Waals surface area contributed by atoms with Gasteiger partial charge in [0.1, 0.15) is 87.7 Å². The van der Waals surface area contributed by atoms with E-state index in [-0.39, 0.29) is 55.4 Å². The Balaban J connectivity index is 0.000000167. The van der Waals surface area contributed by atoms with Crippen LogP contribution in [0.3, 0.4) is 0 Å². The Morgan fingerprint density at radius 2 is 1.01 bits per heavy atom. The van der Waals surface area contributed by atoms with Gasteiger partial charge < -0.3 is 62.9 Å². The summed E-state index contributed by atoms with van der Waals surface area (Å²) >= 11 is 5.72. The van der Waals surface area contributed by atoms with Gasteiger partial charge in [-0.05, 0) is 102 Å². The van der Waals surface area contributed by atoms with E-state index in [1.54, 1.807) is 60.0 Å². The molecule has 22 nitrogen and oxygen atoms in total. The molecule has 26 heteroatoms. The summed E-state index contributed by atoms with van der Waals surface area (Å²) in [6.45, 7) is 5.25. The van der Waals surface area contributed by atoms with Gasteiger partial charge in [-0.2, -0.15) is 0 Å². The minimum Gasteiger partial charge on any atom is -0.493 e. The zero-order valence-electron chi connectivity index (χ0n) is 56.6.